The van der Waals surface area contributed by atoms with Crippen LogP contribution in [0.3, 0.4) is 0 Å². The molecule has 0 radical (unpaired) electrons. The highest BCUT2D eigenvalue weighted by molar-refractivity contribution is 6.00. The number of carboxylic acids is 1. The number of fused-ring (bicyclic) bond motifs is 1. The second-order valence-electron chi connectivity index (χ2n) is 4.95. The lowest BCUT2D eigenvalue weighted by atomic mass is 10.00. The minimum absolute atomic E-state index is 0. The van der Waals surface area contributed by atoms with Gasteiger partial charge in [-0.3, -0.25) is 0 Å². The van der Waals surface area contributed by atoms with Crippen molar-refractivity contribution in [2.75, 3.05) is 6.54 Å². The zero-order chi connectivity index (χ0) is 12.8. The number of rotatable bonds is 2. The molecule has 1 atom stereocenters. The summed E-state index contributed by atoms with van der Waals surface area (Å²) >= 11 is 0. The maximum Gasteiger partial charge on any atom is 0.337 e. The van der Waals surface area contributed by atoms with Crippen molar-refractivity contribution >= 4 is 41.8 Å². The molecule has 2 aromatic rings. The molecule has 1 aromatic carbocycles. The van der Waals surface area contributed by atoms with Crippen molar-refractivity contribution in [3.63, 3.8) is 0 Å². The number of carbonyl (C=O) groups is 1. The number of aromatic carboxylic acids is 1. The molecule has 0 spiro atoms. The summed E-state index contributed by atoms with van der Waals surface area (Å²) in [5, 5.41) is 12.6. The molecule has 110 valence electrons. The van der Waals surface area contributed by atoms with Gasteiger partial charge in [-0.1, -0.05) is 6.07 Å². The van der Waals surface area contributed by atoms with E-state index in [0.717, 1.165) is 30.7 Å². The summed E-state index contributed by atoms with van der Waals surface area (Å²) < 4.78 is 0. The molecule has 2 heterocycles. The Balaban J connectivity index is 0.000001000. The Bertz CT molecular complexity index is 621. The fourth-order valence-electron chi connectivity index (χ4n) is 2.56. The average molecular weight is 318 g/mol. The molecule has 7 heteroatoms. The molecular formula is C13H17Cl2N3O2. The largest absolute Gasteiger partial charge is 0.478 e. The van der Waals surface area contributed by atoms with E-state index in [1.807, 2.05) is 6.07 Å². The molecule has 3 rings (SSSR count). The first-order chi connectivity index (χ1) is 8.60. The summed E-state index contributed by atoms with van der Waals surface area (Å²) in [6, 6.07) is 5.18. The van der Waals surface area contributed by atoms with Gasteiger partial charge < -0.3 is 15.4 Å². The number of benzene rings is 1. The van der Waals surface area contributed by atoms with E-state index in [2.05, 4.69) is 22.2 Å². The SMILES string of the molecule is C[C@]1(c2nc3c(C(=O)O)cccc3[nH]2)CCCN1.Cl.Cl. The predicted octanol–water partition coefficient (Wildman–Crippen LogP) is 2.70. The monoisotopic (exact) mass is 317 g/mol. The average Bonchev–Trinajstić information content (AvgIpc) is 2.94. The van der Waals surface area contributed by atoms with Gasteiger partial charge in [-0.25, -0.2) is 9.78 Å². The number of nitrogens with one attached hydrogen (secondary N) is 2. The third-order valence-electron chi connectivity index (χ3n) is 3.63. The highest BCUT2D eigenvalue weighted by atomic mass is 35.5. The van der Waals surface area contributed by atoms with Crippen LogP contribution in [0.1, 0.15) is 35.9 Å². The second kappa shape index (κ2) is 5.99. The summed E-state index contributed by atoms with van der Waals surface area (Å²) in [7, 11) is 0. The highest BCUT2D eigenvalue weighted by Crippen LogP contribution is 2.30. The first-order valence-electron chi connectivity index (χ1n) is 6.08. The quantitative estimate of drug-likeness (QED) is 0.795. The Hall–Kier alpha value is -1.30. The zero-order valence-corrected chi connectivity index (χ0v) is 12.6. The van der Waals surface area contributed by atoms with Gasteiger partial charge in [-0.05, 0) is 38.4 Å². The maximum absolute atomic E-state index is 11.2. The van der Waals surface area contributed by atoms with E-state index in [4.69, 9.17) is 5.11 Å². The summed E-state index contributed by atoms with van der Waals surface area (Å²) in [6.45, 7) is 3.07. The number of nitrogens with zero attached hydrogens (tertiary/aromatic N) is 1. The minimum atomic E-state index is -0.941. The van der Waals surface area contributed by atoms with Crippen molar-refractivity contribution in [3.8, 4) is 0 Å². The molecule has 1 aromatic heterocycles. The van der Waals surface area contributed by atoms with Crippen LogP contribution in [0.5, 0.6) is 0 Å². The number of hydrogen-bond donors (Lipinski definition) is 3. The molecule has 0 aliphatic carbocycles. The second-order valence-corrected chi connectivity index (χ2v) is 4.95. The van der Waals surface area contributed by atoms with Gasteiger partial charge in [-0.2, -0.15) is 0 Å². The van der Waals surface area contributed by atoms with Gasteiger partial charge in [0.15, 0.2) is 0 Å². The lowest BCUT2D eigenvalue weighted by Gasteiger charge is -2.21. The van der Waals surface area contributed by atoms with Gasteiger partial charge in [0, 0.05) is 0 Å². The Kier molecular flexibility index (Phi) is 5.02. The number of aromatic amines is 1. The third kappa shape index (κ3) is 2.61. The van der Waals surface area contributed by atoms with Gasteiger partial charge >= 0.3 is 5.97 Å². The van der Waals surface area contributed by atoms with Crippen LogP contribution in [0.15, 0.2) is 18.2 Å². The standard InChI is InChI=1S/C13H15N3O2.2ClH/c1-13(6-3-7-14-13)12-15-9-5-2-4-8(11(17)18)10(9)16-12;;/h2,4-5,14H,3,6-7H2,1H3,(H,15,16)(H,17,18);2*1H/t13-;;/m1../s1. The summed E-state index contributed by atoms with van der Waals surface area (Å²) in [4.78, 5) is 18.9. The van der Waals surface area contributed by atoms with E-state index < -0.39 is 5.97 Å². The molecule has 1 fully saturated rings. The van der Waals surface area contributed by atoms with Crippen LogP contribution >= 0.6 is 24.8 Å². The van der Waals surface area contributed by atoms with E-state index in [1.165, 1.54) is 0 Å². The first-order valence-corrected chi connectivity index (χ1v) is 6.08. The van der Waals surface area contributed by atoms with Crippen molar-refractivity contribution in [1.82, 2.24) is 15.3 Å². The van der Waals surface area contributed by atoms with Gasteiger partial charge in [-0.15, -0.1) is 24.8 Å². The van der Waals surface area contributed by atoms with Crippen molar-refractivity contribution in [1.29, 1.82) is 0 Å². The van der Waals surface area contributed by atoms with Gasteiger partial charge in [0.2, 0.25) is 0 Å². The first kappa shape index (κ1) is 16.8. The normalized spacial score (nSPS) is 21.2. The molecule has 0 amide bonds. The molecule has 1 aliphatic heterocycles. The molecule has 1 aliphatic rings. The number of carboxylic acid groups (broad SMARTS) is 1. The molecular weight excluding hydrogens is 301 g/mol. The lowest BCUT2D eigenvalue weighted by Crippen LogP contribution is -2.34. The fourth-order valence-corrected chi connectivity index (χ4v) is 2.56. The highest BCUT2D eigenvalue weighted by Gasteiger charge is 2.33. The van der Waals surface area contributed by atoms with Gasteiger partial charge in [0.25, 0.3) is 0 Å². The Morgan fingerprint density at radius 2 is 2.15 bits per heavy atom. The van der Waals surface area contributed by atoms with Crippen LogP contribution in [0.25, 0.3) is 11.0 Å². The smallest absolute Gasteiger partial charge is 0.337 e. The summed E-state index contributed by atoms with van der Waals surface area (Å²) in [5.74, 6) is -0.119. The van der Waals surface area contributed by atoms with E-state index in [0.29, 0.717) is 5.52 Å². The number of para-hydroxylation sites is 1. The molecule has 0 unspecified atom stereocenters. The molecule has 0 saturated carbocycles. The number of hydrogen-bond acceptors (Lipinski definition) is 3. The number of aromatic nitrogens is 2. The number of H-pyrrole nitrogens is 1. The zero-order valence-electron chi connectivity index (χ0n) is 11.0. The molecule has 1 saturated heterocycles. The van der Waals surface area contributed by atoms with E-state index >= 15 is 0 Å². The van der Waals surface area contributed by atoms with E-state index in [9.17, 15) is 4.79 Å². The van der Waals surface area contributed by atoms with Crippen molar-refractivity contribution in [2.45, 2.75) is 25.3 Å². The summed E-state index contributed by atoms with van der Waals surface area (Å²) in [6.07, 6.45) is 2.12. The lowest BCUT2D eigenvalue weighted by molar-refractivity contribution is 0.0699. The maximum atomic E-state index is 11.2. The Morgan fingerprint density at radius 3 is 2.75 bits per heavy atom. The summed E-state index contributed by atoms with van der Waals surface area (Å²) in [5.41, 5.74) is 1.39. The Labute approximate surface area is 129 Å². The molecule has 3 N–H and O–H groups in total. The minimum Gasteiger partial charge on any atom is -0.478 e. The topological polar surface area (TPSA) is 78.0 Å². The molecule has 5 nitrogen and oxygen atoms in total. The van der Waals surface area contributed by atoms with Gasteiger partial charge in [0.1, 0.15) is 11.3 Å². The predicted molar refractivity (Wildman–Crippen MR) is 82.1 cm³/mol. The van der Waals surface area contributed by atoms with Crippen LogP contribution in [0, 0.1) is 0 Å². The van der Waals surface area contributed by atoms with Crippen LogP contribution in [0.4, 0.5) is 0 Å². The van der Waals surface area contributed by atoms with Crippen molar-refractivity contribution < 1.29 is 9.90 Å². The number of halogens is 2. The van der Waals surface area contributed by atoms with E-state index in [-0.39, 0.29) is 35.9 Å². The van der Waals surface area contributed by atoms with Crippen LogP contribution < -0.4 is 5.32 Å². The van der Waals surface area contributed by atoms with Crippen molar-refractivity contribution in [2.24, 2.45) is 0 Å². The fraction of sp³-hybridized carbons (Fsp3) is 0.385. The molecule has 0 bridgehead atoms. The van der Waals surface area contributed by atoms with E-state index in [1.54, 1.807) is 12.1 Å². The molecule has 20 heavy (non-hydrogen) atoms. The van der Waals surface area contributed by atoms with Crippen LogP contribution in [-0.4, -0.2) is 27.6 Å². The number of imidazole rings is 1. The Morgan fingerprint density at radius 1 is 1.40 bits per heavy atom. The third-order valence-corrected chi connectivity index (χ3v) is 3.63. The van der Waals surface area contributed by atoms with Gasteiger partial charge in [0.05, 0.1) is 16.6 Å². The van der Waals surface area contributed by atoms with Crippen molar-refractivity contribution in [3.05, 3.63) is 29.6 Å². The van der Waals surface area contributed by atoms with Crippen LogP contribution in [-0.2, 0) is 5.54 Å². The van der Waals surface area contributed by atoms with Crippen LogP contribution in [0.2, 0.25) is 0 Å².